The van der Waals surface area contributed by atoms with Crippen LogP contribution in [-0.2, 0) is 13.2 Å². The minimum absolute atomic E-state index is 0.0141. The summed E-state index contributed by atoms with van der Waals surface area (Å²) < 4.78 is 5.42. The Bertz CT molecular complexity index is 328. The minimum atomic E-state index is -0.0141. The average Bonchev–Trinajstić information content (AvgIpc) is 2.89. The highest BCUT2D eigenvalue weighted by Crippen LogP contribution is 2.48. The number of aliphatic hydroxyl groups excluding tert-OH is 1. The maximum Gasteiger partial charge on any atom is 0.129 e. The summed E-state index contributed by atoms with van der Waals surface area (Å²) >= 11 is 0. The van der Waals surface area contributed by atoms with Crippen LogP contribution in [0.1, 0.15) is 44.1 Å². The van der Waals surface area contributed by atoms with Gasteiger partial charge in [-0.3, -0.25) is 0 Å². The number of aliphatic hydroxyl groups is 1. The first-order valence-electron chi connectivity index (χ1n) is 6.17. The molecular weight excluding hydrogens is 202 g/mol. The molecule has 90 valence electrons. The van der Waals surface area contributed by atoms with Gasteiger partial charge in [0.1, 0.15) is 18.1 Å². The van der Waals surface area contributed by atoms with Gasteiger partial charge in [-0.15, -0.1) is 0 Å². The number of hydrogen-bond donors (Lipinski definition) is 2. The van der Waals surface area contributed by atoms with Crippen molar-refractivity contribution in [2.24, 2.45) is 5.41 Å². The van der Waals surface area contributed by atoms with Gasteiger partial charge >= 0.3 is 0 Å². The first-order valence-corrected chi connectivity index (χ1v) is 6.17. The van der Waals surface area contributed by atoms with Crippen LogP contribution in [0.25, 0.3) is 0 Å². The molecular formula is C13H21NO2. The Balaban J connectivity index is 1.71. The maximum atomic E-state index is 8.87. The van der Waals surface area contributed by atoms with Crippen molar-refractivity contribution in [3.05, 3.63) is 23.7 Å². The molecule has 1 heterocycles. The van der Waals surface area contributed by atoms with E-state index in [2.05, 4.69) is 12.2 Å². The lowest BCUT2D eigenvalue weighted by Crippen LogP contribution is -2.23. The van der Waals surface area contributed by atoms with Crippen LogP contribution in [0.4, 0.5) is 0 Å². The van der Waals surface area contributed by atoms with Gasteiger partial charge in [0.15, 0.2) is 0 Å². The quantitative estimate of drug-likeness (QED) is 0.746. The summed E-state index contributed by atoms with van der Waals surface area (Å²) in [6.07, 6.45) is 5.35. The van der Waals surface area contributed by atoms with Crippen molar-refractivity contribution < 1.29 is 9.52 Å². The number of rotatable bonds is 7. The van der Waals surface area contributed by atoms with Crippen LogP contribution in [0.3, 0.4) is 0 Å². The van der Waals surface area contributed by atoms with Crippen molar-refractivity contribution in [1.29, 1.82) is 0 Å². The smallest absolute Gasteiger partial charge is 0.129 e. The van der Waals surface area contributed by atoms with Gasteiger partial charge in [-0.2, -0.15) is 0 Å². The minimum Gasteiger partial charge on any atom is -0.462 e. The summed E-state index contributed by atoms with van der Waals surface area (Å²) in [6, 6.07) is 3.76. The second-order valence-electron chi connectivity index (χ2n) is 4.88. The van der Waals surface area contributed by atoms with Gasteiger partial charge in [-0.25, -0.2) is 0 Å². The predicted molar refractivity (Wildman–Crippen MR) is 62.9 cm³/mol. The SMILES string of the molecule is CCCC1(CNCc2ccc(CO)o2)CC1. The van der Waals surface area contributed by atoms with Crippen molar-refractivity contribution in [3.63, 3.8) is 0 Å². The van der Waals surface area contributed by atoms with Crippen LogP contribution in [-0.4, -0.2) is 11.7 Å². The molecule has 16 heavy (non-hydrogen) atoms. The average molecular weight is 223 g/mol. The Hall–Kier alpha value is -0.800. The van der Waals surface area contributed by atoms with Crippen molar-refractivity contribution >= 4 is 0 Å². The van der Waals surface area contributed by atoms with E-state index >= 15 is 0 Å². The van der Waals surface area contributed by atoms with Crippen molar-refractivity contribution in [2.75, 3.05) is 6.54 Å². The highest BCUT2D eigenvalue weighted by atomic mass is 16.4. The fraction of sp³-hybridized carbons (Fsp3) is 0.692. The van der Waals surface area contributed by atoms with Gasteiger partial charge in [0.05, 0.1) is 6.54 Å². The van der Waals surface area contributed by atoms with Crippen LogP contribution in [0.5, 0.6) is 0 Å². The third-order valence-electron chi connectivity index (χ3n) is 3.41. The van der Waals surface area contributed by atoms with Gasteiger partial charge in [0.2, 0.25) is 0 Å². The van der Waals surface area contributed by atoms with E-state index in [1.807, 2.05) is 12.1 Å². The lowest BCUT2D eigenvalue weighted by molar-refractivity contribution is 0.242. The summed E-state index contributed by atoms with van der Waals surface area (Å²) in [6.45, 7) is 4.10. The van der Waals surface area contributed by atoms with Crippen LogP contribution in [0, 0.1) is 5.41 Å². The third-order valence-corrected chi connectivity index (χ3v) is 3.41. The molecule has 0 aromatic carbocycles. The highest BCUT2D eigenvalue weighted by Gasteiger charge is 2.40. The summed E-state index contributed by atoms with van der Waals surface area (Å²) in [5.41, 5.74) is 0.584. The van der Waals surface area contributed by atoms with Gasteiger partial charge in [0, 0.05) is 6.54 Å². The van der Waals surface area contributed by atoms with Crippen LogP contribution in [0.2, 0.25) is 0 Å². The molecule has 0 saturated heterocycles. The molecule has 0 spiro atoms. The monoisotopic (exact) mass is 223 g/mol. The van der Waals surface area contributed by atoms with Crippen molar-refractivity contribution in [2.45, 2.75) is 45.8 Å². The van der Waals surface area contributed by atoms with E-state index in [0.717, 1.165) is 18.8 Å². The van der Waals surface area contributed by atoms with E-state index in [0.29, 0.717) is 11.2 Å². The maximum absolute atomic E-state index is 8.87. The summed E-state index contributed by atoms with van der Waals surface area (Å²) in [5.74, 6) is 1.56. The Morgan fingerprint density at radius 3 is 2.69 bits per heavy atom. The molecule has 1 aromatic rings. The molecule has 1 aromatic heterocycles. The molecule has 0 unspecified atom stereocenters. The molecule has 0 atom stereocenters. The third kappa shape index (κ3) is 2.86. The first kappa shape index (κ1) is 11.7. The van der Waals surface area contributed by atoms with E-state index in [1.54, 1.807) is 0 Å². The lowest BCUT2D eigenvalue weighted by atomic mass is 10.0. The largest absolute Gasteiger partial charge is 0.462 e. The number of nitrogens with one attached hydrogen (secondary N) is 1. The molecule has 1 aliphatic rings. The fourth-order valence-electron chi connectivity index (χ4n) is 2.28. The summed E-state index contributed by atoms with van der Waals surface area (Å²) in [5, 5.41) is 12.3. The number of furan rings is 1. The Morgan fingerprint density at radius 1 is 1.38 bits per heavy atom. The molecule has 1 saturated carbocycles. The van der Waals surface area contributed by atoms with Gasteiger partial charge in [0.25, 0.3) is 0 Å². The van der Waals surface area contributed by atoms with Gasteiger partial charge in [-0.05, 0) is 36.8 Å². The predicted octanol–water partition coefficient (Wildman–Crippen LogP) is 2.44. The van der Waals surface area contributed by atoms with Crippen LogP contribution >= 0.6 is 0 Å². The molecule has 3 nitrogen and oxygen atoms in total. The van der Waals surface area contributed by atoms with E-state index in [1.165, 1.54) is 25.7 Å². The van der Waals surface area contributed by atoms with Crippen LogP contribution < -0.4 is 5.32 Å². The Labute approximate surface area is 96.8 Å². The molecule has 0 amide bonds. The fourth-order valence-corrected chi connectivity index (χ4v) is 2.28. The van der Waals surface area contributed by atoms with Crippen molar-refractivity contribution in [3.8, 4) is 0 Å². The lowest BCUT2D eigenvalue weighted by Gasteiger charge is -2.13. The highest BCUT2D eigenvalue weighted by molar-refractivity contribution is 5.06. The van der Waals surface area contributed by atoms with E-state index in [-0.39, 0.29) is 6.61 Å². The number of hydrogen-bond acceptors (Lipinski definition) is 3. The summed E-state index contributed by atoms with van der Waals surface area (Å²) in [4.78, 5) is 0. The zero-order valence-electron chi connectivity index (χ0n) is 9.96. The molecule has 2 N–H and O–H groups in total. The Kier molecular flexibility index (Phi) is 3.66. The molecule has 0 bridgehead atoms. The van der Waals surface area contributed by atoms with Crippen molar-refractivity contribution in [1.82, 2.24) is 5.32 Å². The molecule has 1 aliphatic carbocycles. The van der Waals surface area contributed by atoms with Gasteiger partial charge < -0.3 is 14.8 Å². The normalized spacial score (nSPS) is 17.6. The Morgan fingerprint density at radius 2 is 2.12 bits per heavy atom. The van der Waals surface area contributed by atoms with Crippen LogP contribution in [0.15, 0.2) is 16.5 Å². The second kappa shape index (κ2) is 5.02. The second-order valence-corrected chi connectivity index (χ2v) is 4.88. The topological polar surface area (TPSA) is 45.4 Å². The molecule has 2 rings (SSSR count). The van der Waals surface area contributed by atoms with E-state index in [9.17, 15) is 0 Å². The van der Waals surface area contributed by atoms with E-state index in [4.69, 9.17) is 9.52 Å². The van der Waals surface area contributed by atoms with E-state index < -0.39 is 0 Å². The first-order chi connectivity index (χ1) is 7.78. The van der Waals surface area contributed by atoms with Gasteiger partial charge in [-0.1, -0.05) is 13.3 Å². The molecule has 0 aliphatic heterocycles. The zero-order chi connectivity index (χ0) is 11.4. The standard InChI is InChI=1S/C13H21NO2/c1-2-5-13(6-7-13)10-14-8-11-3-4-12(9-15)16-11/h3-4,14-15H,2,5-10H2,1H3. The zero-order valence-corrected chi connectivity index (χ0v) is 9.96. The molecule has 3 heteroatoms. The summed E-state index contributed by atoms with van der Waals surface area (Å²) in [7, 11) is 0. The molecule has 1 fully saturated rings. The molecule has 0 radical (unpaired) electrons.